The lowest BCUT2D eigenvalue weighted by molar-refractivity contribution is 0.631. The molecule has 3 heteroatoms. The molecule has 0 radical (unpaired) electrons. The average Bonchev–Trinajstić information content (AvgIpc) is 3.65. The van der Waals surface area contributed by atoms with Crippen LogP contribution in [0.2, 0.25) is 0 Å². The third kappa shape index (κ3) is 5.06. The summed E-state index contributed by atoms with van der Waals surface area (Å²) < 4.78 is 6.26. The first-order chi connectivity index (χ1) is 25.3. The average molecular weight is 651 g/mol. The van der Waals surface area contributed by atoms with Crippen molar-refractivity contribution in [3.05, 3.63) is 182 Å². The number of benzene rings is 8. The maximum atomic E-state index is 6.26. The van der Waals surface area contributed by atoms with E-state index in [-0.39, 0.29) is 0 Å². The minimum Gasteiger partial charge on any atom is -0.456 e. The molecule has 8 aromatic carbocycles. The van der Waals surface area contributed by atoms with Gasteiger partial charge in [-0.05, 0) is 73.8 Å². The molecule has 0 aliphatic rings. The van der Waals surface area contributed by atoms with Gasteiger partial charge in [0, 0.05) is 27.6 Å². The fourth-order valence-electron chi connectivity index (χ4n) is 7.44. The molecule has 0 unspecified atom stereocenters. The Morgan fingerprint density at radius 2 is 1.02 bits per heavy atom. The van der Waals surface area contributed by atoms with Gasteiger partial charge in [-0.25, -0.2) is 9.97 Å². The predicted octanol–water partition coefficient (Wildman–Crippen LogP) is 13.0. The van der Waals surface area contributed by atoms with Crippen molar-refractivity contribution in [1.82, 2.24) is 9.97 Å². The van der Waals surface area contributed by atoms with Crippen LogP contribution in [0.4, 0.5) is 0 Å². The Morgan fingerprint density at radius 1 is 0.353 bits per heavy atom. The molecule has 238 valence electrons. The molecule has 2 heterocycles. The molecule has 0 aliphatic heterocycles. The number of nitrogens with zero attached hydrogens (tertiary/aromatic N) is 2. The molecule has 0 bridgehead atoms. The SMILES string of the molecule is c1ccc(-c2nc(-c3cccc(-c4cc5ccccc5o4)c3)cc(-c3ccccc3-c3c4ccccc4cc4c3ccc3ccccc34)n2)cc1. The first-order valence-corrected chi connectivity index (χ1v) is 17.2. The van der Waals surface area contributed by atoms with Crippen molar-refractivity contribution in [1.29, 1.82) is 0 Å². The van der Waals surface area contributed by atoms with E-state index in [1.807, 2.05) is 36.4 Å². The fraction of sp³-hybridized carbons (Fsp3) is 0. The summed E-state index contributed by atoms with van der Waals surface area (Å²) in [7, 11) is 0. The third-order valence-corrected chi connectivity index (χ3v) is 9.87. The summed E-state index contributed by atoms with van der Waals surface area (Å²) in [6, 6.07) is 63.9. The summed E-state index contributed by atoms with van der Waals surface area (Å²) in [4.78, 5) is 10.4. The molecule has 0 amide bonds. The van der Waals surface area contributed by atoms with E-state index in [2.05, 4.69) is 146 Å². The minimum absolute atomic E-state index is 0.681. The molecule has 0 N–H and O–H groups in total. The number of hydrogen-bond acceptors (Lipinski definition) is 3. The zero-order valence-electron chi connectivity index (χ0n) is 27.6. The van der Waals surface area contributed by atoms with Gasteiger partial charge in [0.1, 0.15) is 11.3 Å². The van der Waals surface area contributed by atoms with Gasteiger partial charge in [0.25, 0.3) is 0 Å². The van der Waals surface area contributed by atoms with Gasteiger partial charge in [-0.2, -0.15) is 0 Å². The maximum absolute atomic E-state index is 6.26. The number of para-hydroxylation sites is 1. The number of fused-ring (bicyclic) bond motifs is 5. The fourth-order valence-corrected chi connectivity index (χ4v) is 7.44. The summed E-state index contributed by atoms with van der Waals surface area (Å²) in [5, 5.41) is 8.45. The number of aromatic nitrogens is 2. The smallest absolute Gasteiger partial charge is 0.160 e. The molecule has 0 spiro atoms. The van der Waals surface area contributed by atoms with Crippen LogP contribution in [0.25, 0.3) is 99.6 Å². The number of furan rings is 1. The van der Waals surface area contributed by atoms with Crippen LogP contribution in [0.3, 0.4) is 0 Å². The lowest BCUT2D eigenvalue weighted by Crippen LogP contribution is -1.97. The van der Waals surface area contributed by atoms with Crippen molar-refractivity contribution in [3.63, 3.8) is 0 Å². The second-order valence-corrected chi connectivity index (χ2v) is 13.0. The molecule has 0 aliphatic carbocycles. The van der Waals surface area contributed by atoms with Gasteiger partial charge >= 0.3 is 0 Å². The Bertz CT molecular complexity index is 2890. The van der Waals surface area contributed by atoms with Crippen LogP contribution in [0, 0.1) is 0 Å². The molecule has 10 aromatic rings. The van der Waals surface area contributed by atoms with Crippen molar-refractivity contribution < 1.29 is 4.42 Å². The summed E-state index contributed by atoms with van der Waals surface area (Å²) >= 11 is 0. The van der Waals surface area contributed by atoms with Crippen LogP contribution in [0.1, 0.15) is 0 Å². The van der Waals surface area contributed by atoms with E-state index in [0.29, 0.717) is 5.82 Å². The summed E-state index contributed by atoms with van der Waals surface area (Å²) in [5.41, 5.74) is 8.94. The van der Waals surface area contributed by atoms with Gasteiger partial charge in [-0.15, -0.1) is 0 Å². The summed E-state index contributed by atoms with van der Waals surface area (Å²) in [6.07, 6.45) is 0. The van der Waals surface area contributed by atoms with E-state index in [1.165, 1.54) is 37.9 Å². The van der Waals surface area contributed by atoms with Crippen LogP contribution >= 0.6 is 0 Å². The Hall–Kier alpha value is -6.84. The molecule has 0 saturated heterocycles. The quantitative estimate of drug-likeness (QED) is 0.137. The van der Waals surface area contributed by atoms with Gasteiger partial charge in [-0.1, -0.05) is 152 Å². The number of rotatable bonds is 5. The largest absolute Gasteiger partial charge is 0.456 e. The molecule has 0 atom stereocenters. The molecule has 0 fully saturated rings. The van der Waals surface area contributed by atoms with Crippen molar-refractivity contribution in [2.45, 2.75) is 0 Å². The topological polar surface area (TPSA) is 38.9 Å². The van der Waals surface area contributed by atoms with E-state index in [9.17, 15) is 0 Å². The molecule has 0 saturated carbocycles. The van der Waals surface area contributed by atoms with Crippen LogP contribution in [-0.2, 0) is 0 Å². The first-order valence-electron chi connectivity index (χ1n) is 17.2. The Morgan fingerprint density at radius 3 is 1.88 bits per heavy atom. The summed E-state index contributed by atoms with van der Waals surface area (Å²) in [6.45, 7) is 0. The highest BCUT2D eigenvalue weighted by atomic mass is 16.3. The Labute approximate surface area is 295 Å². The van der Waals surface area contributed by atoms with E-state index in [1.54, 1.807) is 0 Å². The number of hydrogen-bond donors (Lipinski definition) is 0. The van der Waals surface area contributed by atoms with E-state index < -0.39 is 0 Å². The van der Waals surface area contributed by atoms with Gasteiger partial charge in [0.2, 0.25) is 0 Å². The standard InChI is InChI=1S/C48H30N2O/c1-2-14-32(15-3-1)48-49-43(34-18-12-19-35(27-34)46-29-36-17-6-11-24-45(36)51-46)30-44(50-48)39-22-9-10-23-40(39)47-38-21-8-5-16-33(38)28-42-37-20-7-4-13-31(37)25-26-41(42)47/h1-30H. The van der Waals surface area contributed by atoms with Crippen molar-refractivity contribution in [2.24, 2.45) is 0 Å². The van der Waals surface area contributed by atoms with Gasteiger partial charge < -0.3 is 4.42 Å². The van der Waals surface area contributed by atoms with Gasteiger partial charge in [-0.3, -0.25) is 0 Å². The molecular formula is C48H30N2O. The van der Waals surface area contributed by atoms with E-state index in [0.717, 1.165) is 55.9 Å². The zero-order chi connectivity index (χ0) is 33.7. The zero-order valence-corrected chi connectivity index (χ0v) is 27.6. The molecule has 3 nitrogen and oxygen atoms in total. The highest BCUT2D eigenvalue weighted by Crippen LogP contribution is 2.43. The summed E-state index contributed by atoms with van der Waals surface area (Å²) in [5.74, 6) is 1.51. The maximum Gasteiger partial charge on any atom is 0.160 e. The normalized spacial score (nSPS) is 11.5. The molecular weight excluding hydrogens is 621 g/mol. The van der Waals surface area contributed by atoms with E-state index >= 15 is 0 Å². The van der Waals surface area contributed by atoms with Crippen molar-refractivity contribution in [3.8, 4) is 56.4 Å². The third-order valence-electron chi connectivity index (χ3n) is 9.87. The lowest BCUT2D eigenvalue weighted by atomic mass is 9.87. The van der Waals surface area contributed by atoms with Gasteiger partial charge in [0.15, 0.2) is 5.82 Å². The lowest BCUT2D eigenvalue weighted by Gasteiger charge is -2.17. The molecule has 51 heavy (non-hydrogen) atoms. The van der Waals surface area contributed by atoms with E-state index in [4.69, 9.17) is 14.4 Å². The first kappa shape index (κ1) is 29.1. The second-order valence-electron chi connectivity index (χ2n) is 13.0. The Balaban J connectivity index is 1.21. The van der Waals surface area contributed by atoms with Crippen molar-refractivity contribution >= 4 is 43.3 Å². The van der Waals surface area contributed by atoms with Crippen LogP contribution in [-0.4, -0.2) is 9.97 Å². The van der Waals surface area contributed by atoms with Crippen molar-refractivity contribution in [2.75, 3.05) is 0 Å². The molecule has 2 aromatic heterocycles. The highest BCUT2D eigenvalue weighted by Gasteiger charge is 2.19. The van der Waals surface area contributed by atoms with Gasteiger partial charge in [0.05, 0.1) is 11.4 Å². The monoisotopic (exact) mass is 650 g/mol. The Kier molecular flexibility index (Phi) is 6.81. The van der Waals surface area contributed by atoms with Crippen LogP contribution in [0.5, 0.6) is 0 Å². The second kappa shape index (κ2) is 11.9. The minimum atomic E-state index is 0.681. The highest BCUT2D eigenvalue weighted by molar-refractivity contribution is 6.21. The van der Waals surface area contributed by atoms with Crippen LogP contribution in [0.15, 0.2) is 186 Å². The predicted molar refractivity (Wildman–Crippen MR) is 212 cm³/mol. The van der Waals surface area contributed by atoms with Crippen LogP contribution < -0.4 is 0 Å². The molecule has 10 rings (SSSR count).